The molecule has 2 heterocycles. The maximum absolute atomic E-state index is 14.1. The topological polar surface area (TPSA) is 220 Å². The average molecular weight is 896 g/mol. The Hall–Kier alpha value is -4.99. The van der Waals surface area contributed by atoms with Crippen molar-refractivity contribution in [2.24, 2.45) is 28.4 Å². The fraction of sp³-hybridized carbons (Fsp3) is 0.574. The molecule has 0 radical (unpaired) electrons. The van der Waals surface area contributed by atoms with Gasteiger partial charge in [0.2, 0.25) is 29.5 Å². The van der Waals surface area contributed by atoms with Crippen LogP contribution in [0.2, 0.25) is 5.02 Å². The van der Waals surface area contributed by atoms with Crippen LogP contribution in [0.15, 0.2) is 54.6 Å². The van der Waals surface area contributed by atoms with Crippen molar-refractivity contribution < 1.29 is 43.0 Å². The molecule has 0 bridgehead atoms. The summed E-state index contributed by atoms with van der Waals surface area (Å²) < 4.78 is 17.7. The number of halogens is 1. The molecule has 0 aromatic heterocycles. The van der Waals surface area contributed by atoms with E-state index in [0.29, 0.717) is 16.3 Å². The summed E-state index contributed by atoms with van der Waals surface area (Å²) in [7, 11) is 1.50. The van der Waals surface area contributed by atoms with Crippen molar-refractivity contribution in [3.05, 3.63) is 76.3 Å². The number of hydrogen-bond acceptors (Lipinski definition) is 10. The SMILES string of the molecule is COc1ccc(C[C@H]2NC(=O)/C=C/C[C@@H]([C@H](C)[C@H]3O[C@@H]3c3ccc(CNC(=O)[C@H](C)NC(=O)[C@@H](N)C(C)C)cc3)OC(=O)[C@H](CC(C)(C)C)NC(=O)C(C)(C)C(C)NC2=O)cc1Cl. The van der Waals surface area contributed by atoms with E-state index in [2.05, 4.69) is 26.6 Å². The first-order valence-corrected chi connectivity index (χ1v) is 22.0. The van der Waals surface area contributed by atoms with Gasteiger partial charge in [0.05, 0.1) is 29.7 Å². The molecule has 1 fully saturated rings. The average Bonchev–Trinajstić information content (AvgIpc) is 4.01. The van der Waals surface area contributed by atoms with Gasteiger partial charge in [0.15, 0.2) is 0 Å². The standard InChI is InChI=1S/C47H67ClN6O9/c1-25(2)38(49)43(58)51-27(4)41(56)50-24-29-15-18-31(19-16-29)40-39(63-40)26(3)35-13-12-14-37(55)53-33(22-30-17-20-36(61-11)32(48)21-30)42(57)52-28(5)47(9,10)45(60)54-34(44(59)62-35)23-46(6,7)8/h12,14-21,25-28,33-35,38-40H,13,22-24,49H2,1-11H3,(H,50,56)(H,51,58)(H,52,57)(H,53,55)(H,54,60)/b14-12+/t26-,27-,28?,33+,34-,35-,38-,39+,40+/m0/s1. The summed E-state index contributed by atoms with van der Waals surface area (Å²) in [6, 6.07) is 8.44. The minimum absolute atomic E-state index is 0.0678. The lowest BCUT2D eigenvalue weighted by molar-refractivity contribution is -0.157. The zero-order chi connectivity index (χ0) is 47.0. The predicted molar refractivity (Wildman–Crippen MR) is 240 cm³/mol. The molecule has 16 heteroatoms. The monoisotopic (exact) mass is 894 g/mol. The summed E-state index contributed by atoms with van der Waals surface area (Å²) in [5.41, 5.74) is 6.73. The molecule has 0 saturated carbocycles. The molecule has 2 aliphatic rings. The van der Waals surface area contributed by atoms with Crippen LogP contribution in [0, 0.1) is 22.7 Å². The fourth-order valence-electron chi connectivity index (χ4n) is 7.10. The van der Waals surface area contributed by atoms with Crippen molar-refractivity contribution in [2.75, 3.05) is 7.11 Å². The summed E-state index contributed by atoms with van der Waals surface area (Å²) in [4.78, 5) is 80.4. The number of carbonyl (C=O) groups is 6. The highest BCUT2D eigenvalue weighted by molar-refractivity contribution is 6.32. The maximum atomic E-state index is 14.1. The van der Waals surface area contributed by atoms with Gasteiger partial charge in [0, 0.05) is 31.3 Å². The number of hydrogen-bond donors (Lipinski definition) is 6. The Morgan fingerprint density at radius 2 is 1.60 bits per heavy atom. The molecule has 2 aliphatic heterocycles. The number of rotatable bonds is 13. The maximum Gasteiger partial charge on any atom is 0.328 e. The molecule has 5 amide bonds. The quantitative estimate of drug-likeness (QED) is 0.121. The van der Waals surface area contributed by atoms with Crippen molar-refractivity contribution in [1.82, 2.24) is 26.6 Å². The van der Waals surface area contributed by atoms with E-state index in [1.807, 2.05) is 65.8 Å². The van der Waals surface area contributed by atoms with E-state index in [1.165, 1.54) is 13.2 Å². The summed E-state index contributed by atoms with van der Waals surface area (Å²) in [5, 5.41) is 14.5. The van der Waals surface area contributed by atoms with Crippen LogP contribution in [-0.4, -0.2) is 85.0 Å². The number of benzene rings is 2. The van der Waals surface area contributed by atoms with Gasteiger partial charge in [0.1, 0.15) is 36.1 Å². The van der Waals surface area contributed by atoms with Crippen molar-refractivity contribution in [3.63, 3.8) is 0 Å². The lowest BCUT2D eigenvalue weighted by Gasteiger charge is -2.35. The second kappa shape index (κ2) is 21.6. The van der Waals surface area contributed by atoms with Gasteiger partial charge < -0.3 is 46.5 Å². The summed E-state index contributed by atoms with van der Waals surface area (Å²) in [5.74, 6) is -2.81. The molecule has 2 aromatic rings. The second-order valence-corrected chi connectivity index (χ2v) is 19.3. The molecule has 1 saturated heterocycles. The lowest BCUT2D eigenvalue weighted by atomic mass is 9.82. The Kier molecular flexibility index (Phi) is 17.4. The largest absolute Gasteiger partial charge is 0.495 e. The van der Waals surface area contributed by atoms with Gasteiger partial charge in [-0.2, -0.15) is 0 Å². The number of carbonyl (C=O) groups excluding carboxylic acids is 6. The summed E-state index contributed by atoms with van der Waals surface area (Å²) in [6.07, 6.45) is 2.01. The smallest absolute Gasteiger partial charge is 0.328 e. The van der Waals surface area contributed by atoms with Crippen LogP contribution in [0.1, 0.15) is 105 Å². The highest BCUT2D eigenvalue weighted by atomic mass is 35.5. The van der Waals surface area contributed by atoms with E-state index in [0.717, 1.165) is 11.1 Å². The number of epoxide rings is 1. The minimum atomic E-state index is -1.19. The normalized spacial score (nSPS) is 25.3. The molecule has 2 aromatic carbocycles. The molecular formula is C47H67ClN6O9. The summed E-state index contributed by atoms with van der Waals surface area (Å²) >= 11 is 6.39. The van der Waals surface area contributed by atoms with Crippen LogP contribution in [0.3, 0.4) is 0 Å². The first kappa shape index (κ1) is 50.7. The number of ether oxygens (including phenoxy) is 3. The second-order valence-electron chi connectivity index (χ2n) is 18.9. The molecule has 0 spiro atoms. The molecular weight excluding hydrogens is 828 g/mol. The Labute approximate surface area is 376 Å². The highest BCUT2D eigenvalue weighted by Gasteiger charge is 2.48. The molecule has 346 valence electrons. The first-order chi connectivity index (χ1) is 29.4. The van der Waals surface area contributed by atoms with Crippen LogP contribution in [0.25, 0.3) is 0 Å². The predicted octanol–water partition coefficient (Wildman–Crippen LogP) is 4.58. The van der Waals surface area contributed by atoms with E-state index in [1.54, 1.807) is 52.0 Å². The third kappa shape index (κ3) is 14.3. The van der Waals surface area contributed by atoms with E-state index in [9.17, 15) is 28.8 Å². The van der Waals surface area contributed by atoms with Crippen LogP contribution in [0.4, 0.5) is 0 Å². The molecule has 7 N–H and O–H groups in total. The number of nitrogens with one attached hydrogen (secondary N) is 5. The minimum Gasteiger partial charge on any atom is -0.495 e. The van der Waals surface area contributed by atoms with Gasteiger partial charge in [0.25, 0.3) is 0 Å². The van der Waals surface area contributed by atoms with Crippen LogP contribution >= 0.6 is 11.6 Å². The number of cyclic esters (lactones) is 1. The summed E-state index contributed by atoms with van der Waals surface area (Å²) in [6.45, 7) is 18.4. The Morgan fingerprint density at radius 3 is 2.21 bits per heavy atom. The number of esters is 1. The van der Waals surface area contributed by atoms with Gasteiger partial charge in [-0.3, -0.25) is 24.0 Å². The lowest BCUT2D eigenvalue weighted by Crippen LogP contribution is -2.58. The molecule has 4 rings (SSSR count). The van der Waals surface area contributed by atoms with E-state index >= 15 is 0 Å². The molecule has 1 unspecified atom stereocenters. The van der Waals surface area contributed by atoms with E-state index in [-0.39, 0.29) is 67.1 Å². The van der Waals surface area contributed by atoms with Gasteiger partial charge in [-0.15, -0.1) is 0 Å². The highest BCUT2D eigenvalue weighted by Crippen LogP contribution is 2.45. The van der Waals surface area contributed by atoms with Gasteiger partial charge in [-0.05, 0) is 80.3 Å². The first-order valence-electron chi connectivity index (χ1n) is 21.6. The zero-order valence-corrected chi connectivity index (χ0v) is 39.2. The van der Waals surface area contributed by atoms with Crippen molar-refractivity contribution in [2.45, 2.75) is 144 Å². The van der Waals surface area contributed by atoms with Crippen molar-refractivity contribution in [3.8, 4) is 5.75 Å². The third-order valence-corrected chi connectivity index (χ3v) is 12.1. The Bertz CT molecular complexity index is 2000. The van der Waals surface area contributed by atoms with Crippen molar-refractivity contribution in [1.29, 1.82) is 0 Å². The molecule has 9 atom stereocenters. The van der Waals surface area contributed by atoms with Crippen LogP contribution < -0.4 is 37.1 Å². The molecule has 15 nitrogen and oxygen atoms in total. The number of nitrogens with two attached hydrogens (primary N) is 1. The Balaban J connectivity index is 1.54. The van der Waals surface area contributed by atoms with E-state index in [4.69, 9.17) is 31.5 Å². The Morgan fingerprint density at radius 1 is 0.952 bits per heavy atom. The number of amides is 5. The fourth-order valence-corrected chi connectivity index (χ4v) is 7.38. The van der Waals surface area contributed by atoms with Gasteiger partial charge in [-0.1, -0.05) is 89.6 Å². The zero-order valence-electron chi connectivity index (χ0n) is 38.4. The molecule has 0 aliphatic carbocycles. The number of methoxy groups -OCH3 is 1. The van der Waals surface area contributed by atoms with Gasteiger partial charge >= 0.3 is 5.97 Å². The van der Waals surface area contributed by atoms with E-state index < -0.39 is 65.4 Å². The van der Waals surface area contributed by atoms with Crippen LogP contribution in [0.5, 0.6) is 5.75 Å². The van der Waals surface area contributed by atoms with Gasteiger partial charge in [-0.25, -0.2) is 4.79 Å². The molecule has 63 heavy (non-hydrogen) atoms. The van der Waals surface area contributed by atoms with Crippen LogP contribution in [-0.2, 0) is 51.2 Å². The van der Waals surface area contributed by atoms with Crippen molar-refractivity contribution >= 4 is 47.1 Å². The third-order valence-electron chi connectivity index (χ3n) is 11.8.